The fraction of sp³-hybridized carbons (Fsp3) is 0.600. The minimum absolute atomic E-state index is 0.0338. The molecule has 8 nitrogen and oxygen atoms in total. The number of rotatable bonds is 14. The molecule has 2 rings (SSSR count). The van der Waals surface area contributed by atoms with Crippen LogP contribution in [0.2, 0.25) is 5.21 Å². The third-order valence-corrected chi connectivity index (χ3v) is 9.03. The Bertz CT molecular complexity index is 1200. The molecular formula is C30H44B2NO7P. The first-order valence-corrected chi connectivity index (χ1v) is 15.9. The van der Waals surface area contributed by atoms with E-state index in [0.29, 0.717) is 30.4 Å². The van der Waals surface area contributed by atoms with Gasteiger partial charge in [0.15, 0.2) is 0 Å². The summed E-state index contributed by atoms with van der Waals surface area (Å²) < 4.78 is 30.6. The number of aryl methyl sites for hydroxylation is 1. The number of hydrogen-bond acceptors (Lipinski definition) is 7. The summed E-state index contributed by atoms with van der Waals surface area (Å²) in [5, 5.41) is 13.0. The minimum atomic E-state index is -4.55. The molecule has 1 aromatic rings. The van der Waals surface area contributed by atoms with Gasteiger partial charge in [0.1, 0.15) is 17.5 Å². The van der Waals surface area contributed by atoms with Crippen molar-refractivity contribution in [3.05, 3.63) is 47.1 Å². The average Bonchev–Trinajstić information content (AvgIpc) is 2.86. The Kier molecular flexibility index (Phi) is 12.4. The molecule has 222 valence electrons. The molecule has 0 heterocycles. The summed E-state index contributed by atoms with van der Waals surface area (Å²) in [6, 6.07) is 2.10. The largest absolute Gasteiger partial charge is 0.507 e. The van der Waals surface area contributed by atoms with Gasteiger partial charge < -0.3 is 19.1 Å². The number of nitrogens with one attached hydrogen (secondary N) is 1. The van der Waals surface area contributed by atoms with Crippen LogP contribution in [-0.4, -0.2) is 51.2 Å². The molecule has 4 unspecified atom stereocenters. The molecule has 1 aromatic carbocycles. The summed E-state index contributed by atoms with van der Waals surface area (Å²) in [6.07, 6.45) is 4.63. The zero-order chi connectivity index (χ0) is 31.1. The van der Waals surface area contributed by atoms with Crippen LogP contribution in [0.25, 0.3) is 0 Å². The van der Waals surface area contributed by atoms with Crippen LogP contribution in [0.3, 0.4) is 0 Å². The van der Waals surface area contributed by atoms with E-state index < -0.39 is 36.6 Å². The van der Waals surface area contributed by atoms with Crippen LogP contribution in [0.15, 0.2) is 35.9 Å². The van der Waals surface area contributed by atoms with E-state index in [-0.39, 0.29) is 29.9 Å². The van der Waals surface area contributed by atoms with Crippen LogP contribution in [0, 0.1) is 5.92 Å². The van der Waals surface area contributed by atoms with Crippen molar-refractivity contribution in [3.63, 3.8) is 0 Å². The Labute approximate surface area is 248 Å². The molecule has 0 aliphatic heterocycles. The van der Waals surface area contributed by atoms with Gasteiger partial charge in [-0.25, -0.2) is 14.4 Å². The van der Waals surface area contributed by atoms with Crippen LogP contribution in [-0.2, 0) is 25.3 Å². The fourth-order valence-corrected chi connectivity index (χ4v) is 6.36. The van der Waals surface area contributed by atoms with Gasteiger partial charge in [0.05, 0.1) is 28.4 Å². The smallest absolute Gasteiger partial charge is 0.424 e. The van der Waals surface area contributed by atoms with Gasteiger partial charge in [-0.1, -0.05) is 48.8 Å². The van der Waals surface area contributed by atoms with Crippen LogP contribution in [0.1, 0.15) is 91.2 Å². The highest BCUT2D eigenvalue weighted by Gasteiger charge is 2.42. The van der Waals surface area contributed by atoms with Crippen molar-refractivity contribution in [1.82, 2.24) is 5.09 Å². The van der Waals surface area contributed by atoms with E-state index in [1.165, 1.54) is 6.92 Å². The number of esters is 1. The predicted octanol–water partition coefficient (Wildman–Crippen LogP) is 6.86. The first-order valence-electron chi connectivity index (χ1n) is 14.2. The molecule has 1 aliphatic rings. The maximum atomic E-state index is 14.2. The fourth-order valence-electron chi connectivity index (χ4n) is 4.79. The Morgan fingerprint density at radius 2 is 1.90 bits per heavy atom. The molecule has 0 amide bonds. The summed E-state index contributed by atoms with van der Waals surface area (Å²) in [4.78, 5) is 25.6. The van der Waals surface area contributed by atoms with Crippen molar-refractivity contribution in [2.24, 2.45) is 5.92 Å². The Balaban J connectivity index is 2.69. The highest BCUT2D eigenvalue weighted by atomic mass is 31.2. The van der Waals surface area contributed by atoms with E-state index in [1.807, 2.05) is 26.8 Å². The third-order valence-electron chi connectivity index (χ3n) is 7.24. The number of aromatic hydroxyl groups is 1. The van der Waals surface area contributed by atoms with Crippen molar-refractivity contribution in [3.8, 4) is 11.5 Å². The number of phenolic OH excluding ortho intramolecular Hbond substituents is 1. The number of phenols is 1. The molecule has 0 bridgehead atoms. The van der Waals surface area contributed by atoms with Crippen molar-refractivity contribution < 1.29 is 33.3 Å². The second kappa shape index (κ2) is 14.6. The van der Waals surface area contributed by atoms with Gasteiger partial charge in [0.2, 0.25) is 0 Å². The third kappa shape index (κ3) is 9.54. The molecule has 0 fully saturated rings. The molecule has 11 heteroatoms. The maximum Gasteiger partial charge on any atom is 0.424 e. The van der Waals surface area contributed by atoms with Crippen molar-refractivity contribution in [1.29, 1.82) is 0 Å². The standard InChI is InChI=1S/C30H44B2NO7P/c1-9-30(31,32)14-13-22-16-25(34)27(24-15-20(7)11-12-23(24)18(3)4)26(17-22)40-41(37,29(36)38-10-2)33-21(8)28(35)39-19(5)6/h15-17,19,21,23-24,34H,3,9-14H2,1-2,4-8H3,(H,33,37). The molecular weight excluding hydrogens is 539 g/mol. The lowest BCUT2D eigenvalue weighted by Crippen LogP contribution is -2.37. The van der Waals surface area contributed by atoms with E-state index in [1.54, 1.807) is 32.9 Å². The molecule has 4 atom stereocenters. The average molecular weight is 583 g/mol. The van der Waals surface area contributed by atoms with Gasteiger partial charge in [-0.3, -0.25) is 4.79 Å². The second-order valence-electron chi connectivity index (χ2n) is 11.3. The lowest BCUT2D eigenvalue weighted by atomic mass is 9.51. The second-order valence-corrected chi connectivity index (χ2v) is 13.2. The van der Waals surface area contributed by atoms with E-state index in [9.17, 15) is 19.3 Å². The Morgan fingerprint density at radius 1 is 1.24 bits per heavy atom. The first-order chi connectivity index (χ1) is 19.0. The maximum absolute atomic E-state index is 14.2. The van der Waals surface area contributed by atoms with Crippen molar-refractivity contribution in [2.45, 2.75) is 104 Å². The molecule has 0 spiro atoms. The van der Waals surface area contributed by atoms with Crippen LogP contribution < -0.4 is 9.61 Å². The number of carbonyl (C=O) groups is 2. The van der Waals surface area contributed by atoms with Crippen LogP contribution >= 0.6 is 7.52 Å². The van der Waals surface area contributed by atoms with E-state index >= 15 is 0 Å². The quantitative estimate of drug-likeness (QED) is 0.106. The predicted molar refractivity (Wildman–Crippen MR) is 164 cm³/mol. The molecule has 2 N–H and O–H groups in total. The molecule has 0 saturated carbocycles. The molecule has 0 saturated heterocycles. The Hall–Kier alpha value is -2.44. The summed E-state index contributed by atoms with van der Waals surface area (Å²) >= 11 is 0. The minimum Gasteiger partial charge on any atom is -0.507 e. The number of allylic oxidation sites excluding steroid dienone is 3. The first kappa shape index (κ1) is 34.8. The zero-order valence-corrected chi connectivity index (χ0v) is 26.4. The normalized spacial score (nSPS) is 19.6. The number of ether oxygens (including phenoxy) is 2. The van der Waals surface area contributed by atoms with Crippen molar-refractivity contribution in [2.75, 3.05) is 6.61 Å². The lowest BCUT2D eigenvalue weighted by Gasteiger charge is -2.33. The summed E-state index contributed by atoms with van der Waals surface area (Å²) in [5.74, 6) is -1.15. The van der Waals surface area contributed by atoms with Gasteiger partial charge in [0.25, 0.3) is 0 Å². The molecule has 0 aromatic heterocycles. The SMILES string of the molecule is [B]C([B])(CC)CCc1cc(O)c(C2C=C(C)CCC2C(=C)C)c(OP(=O)(NC(C)C(=O)OC(C)C)C(=O)OCC)c1. The molecule has 4 radical (unpaired) electrons. The number of carbonyl (C=O) groups excluding carboxylic acids is 2. The Morgan fingerprint density at radius 3 is 2.46 bits per heavy atom. The highest BCUT2D eigenvalue weighted by Crippen LogP contribution is 2.53. The van der Waals surface area contributed by atoms with Crippen LogP contribution in [0.4, 0.5) is 4.79 Å². The zero-order valence-electron chi connectivity index (χ0n) is 25.5. The summed E-state index contributed by atoms with van der Waals surface area (Å²) in [6.45, 7) is 16.3. The van der Waals surface area contributed by atoms with E-state index in [2.05, 4.69) is 11.7 Å². The monoisotopic (exact) mass is 583 g/mol. The van der Waals surface area contributed by atoms with Gasteiger partial charge in [-0.2, -0.15) is 0 Å². The van der Waals surface area contributed by atoms with E-state index in [4.69, 9.17) is 29.7 Å². The summed E-state index contributed by atoms with van der Waals surface area (Å²) in [5.41, 5.74) is 1.88. The van der Waals surface area contributed by atoms with E-state index in [0.717, 1.165) is 24.0 Å². The van der Waals surface area contributed by atoms with Crippen LogP contribution in [0.5, 0.6) is 11.5 Å². The lowest BCUT2D eigenvalue weighted by molar-refractivity contribution is -0.149. The summed E-state index contributed by atoms with van der Waals surface area (Å²) in [7, 11) is 7.75. The van der Waals surface area contributed by atoms with Crippen molar-refractivity contribution >= 4 is 34.9 Å². The van der Waals surface area contributed by atoms with Gasteiger partial charge in [-0.05, 0) is 84.4 Å². The number of benzene rings is 1. The number of hydrogen-bond donors (Lipinski definition) is 2. The van der Waals surface area contributed by atoms with Gasteiger partial charge in [-0.15, -0.1) is 0 Å². The molecule has 41 heavy (non-hydrogen) atoms. The highest BCUT2D eigenvalue weighted by molar-refractivity contribution is 7.74. The topological polar surface area (TPSA) is 111 Å². The van der Waals surface area contributed by atoms with Gasteiger partial charge in [0, 0.05) is 11.5 Å². The van der Waals surface area contributed by atoms with Gasteiger partial charge >= 0.3 is 19.2 Å². The molecule has 1 aliphatic carbocycles.